The number of rotatable bonds is 3. The molecule has 1 fully saturated rings. The molecule has 0 radical (unpaired) electrons. The van der Waals surface area contributed by atoms with E-state index in [1.807, 2.05) is 18.4 Å². The standard InChI is InChI=1S/C16H29N3S/c1-15(2,3)13-12(11-17-6)20-14(18-13)19-9-7-16(4,5)8-10-19/h17H,7-11H2,1-6H3. The third kappa shape index (κ3) is 3.53. The van der Waals surface area contributed by atoms with Crippen molar-refractivity contribution in [2.75, 3.05) is 25.0 Å². The van der Waals surface area contributed by atoms with Gasteiger partial charge in [0, 0.05) is 29.9 Å². The van der Waals surface area contributed by atoms with Crippen LogP contribution >= 0.6 is 11.3 Å². The highest BCUT2D eigenvalue weighted by Crippen LogP contribution is 2.37. The van der Waals surface area contributed by atoms with E-state index in [1.165, 1.54) is 28.5 Å². The smallest absolute Gasteiger partial charge is 0.185 e. The van der Waals surface area contributed by atoms with Crippen LogP contribution in [0.1, 0.15) is 58.0 Å². The normalized spacial score (nSPS) is 19.4. The fourth-order valence-corrected chi connectivity index (χ4v) is 3.98. The number of nitrogens with one attached hydrogen (secondary N) is 1. The van der Waals surface area contributed by atoms with Crippen LogP contribution in [0.3, 0.4) is 0 Å². The Labute approximate surface area is 127 Å². The van der Waals surface area contributed by atoms with Gasteiger partial charge in [-0.3, -0.25) is 0 Å². The van der Waals surface area contributed by atoms with Crippen LogP contribution in [0.5, 0.6) is 0 Å². The van der Waals surface area contributed by atoms with Gasteiger partial charge < -0.3 is 10.2 Å². The predicted molar refractivity (Wildman–Crippen MR) is 88.8 cm³/mol. The molecule has 20 heavy (non-hydrogen) atoms. The summed E-state index contributed by atoms with van der Waals surface area (Å²) in [6.45, 7) is 14.7. The highest BCUT2D eigenvalue weighted by Gasteiger charge is 2.29. The number of hydrogen-bond acceptors (Lipinski definition) is 4. The minimum absolute atomic E-state index is 0.121. The number of aromatic nitrogens is 1. The first kappa shape index (κ1) is 15.8. The Morgan fingerprint density at radius 2 is 1.85 bits per heavy atom. The Bertz CT molecular complexity index is 447. The van der Waals surface area contributed by atoms with Crippen molar-refractivity contribution in [1.82, 2.24) is 10.3 Å². The monoisotopic (exact) mass is 295 g/mol. The topological polar surface area (TPSA) is 28.2 Å². The zero-order chi connectivity index (χ0) is 15.0. The number of piperidine rings is 1. The van der Waals surface area contributed by atoms with Gasteiger partial charge in [0.15, 0.2) is 5.13 Å². The Balaban J connectivity index is 2.21. The van der Waals surface area contributed by atoms with Gasteiger partial charge in [0.25, 0.3) is 0 Å². The lowest BCUT2D eigenvalue weighted by molar-refractivity contribution is 0.279. The van der Waals surface area contributed by atoms with Gasteiger partial charge in [0.1, 0.15) is 0 Å². The van der Waals surface area contributed by atoms with Gasteiger partial charge in [-0.2, -0.15) is 0 Å². The van der Waals surface area contributed by atoms with E-state index in [-0.39, 0.29) is 5.41 Å². The van der Waals surface area contributed by atoms with Crippen molar-refractivity contribution in [1.29, 1.82) is 0 Å². The first-order chi connectivity index (χ1) is 9.23. The molecule has 1 aromatic heterocycles. The van der Waals surface area contributed by atoms with Crippen LogP contribution < -0.4 is 10.2 Å². The van der Waals surface area contributed by atoms with Gasteiger partial charge >= 0.3 is 0 Å². The fraction of sp³-hybridized carbons (Fsp3) is 0.812. The molecule has 1 N–H and O–H groups in total. The lowest BCUT2D eigenvalue weighted by Crippen LogP contribution is -2.37. The molecule has 0 spiro atoms. The maximum absolute atomic E-state index is 4.98. The highest BCUT2D eigenvalue weighted by molar-refractivity contribution is 7.15. The lowest BCUT2D eigenvalue weighted by atomic mass is 9.83. The van der Waals surface area contributed by atoms with Gasteiger partial charge in [0.05, 0.1) is 5.69 Å². The molecule has 0 aliphatic carbocycles. The van der Waals surface area contributed by atoms with Gasteiger partial charge in [-0.15, -0.1) is 11.3 Å². The van der Waals surface area contributed by atoms with E-state index in [9.17, 15) is 0 Å². The maximum atomic E-state index is 4.98. The Morgan fingerprint density at radius 3 is 2.35 bits per heavy atom. The van der Waals surface area contributed by atoms with Crippen LogP contribution in [0.25, 0.3) is 0 Å². The molecule has 114 valence electrons. The summed E-state index contributed by atoms with van der Waals surface area (Å²) in [5, 5.41) is 4.50. The van der Waals surface area contributed by atoms with Crippen molar-refractivity contribution in [2.45, 2.75) is 59.4 Å². The molecule has 2 heterocycles. The second kappa shape index (κ2) is 5.64. The summed E-state index contributed by atoms with van der Waals surface area (Å²) in [4.78, 5) is 8.84. The van der Waals surface area contributed by atoms with Crippen molar-refractivity contribution in [3.05, 3.63) is 10.6 Å². The molecule has 1 aliphatic rings. The molecule has 0 atom stereocenters. The SMILES string of the molecule is CNCc1sc(N2CCC(C)(C)CC2)nc1C(C)(C)C. The first-order valence-corrected chi connectivity index (χ1v) is 8.44. The molecule has 0 amide bonds. The van der Waals surface area contributed by atoms with Gasteiger partial charge in [0.2, 0.25) is 0 Å². The first-order valence-electron chi connectivity index (χ1n) is 7.63. The van der Waals surface area contributed by atoms with Gasteiger partial charge in [-0.1, -0.05) is 34.6 Å². The average molecular weight is 295 g/mol. The molecule has 0 unspecified atom stereocenters. The summed E-state index contributed by atoms with van der Waals surface area (Å²) in [6, 6.07) is 0. The number of nitrogens with zero attached hydrogens (tertiary/aromatic N) is 2. The van der Waals surface area contributed by atoms with Crippen molar-refractivity contribution >= 4 is 16.5 Å². The molecule has 1 saturated heterocycles. The van der Waals surface area contributed by atoms with E-state index in [1.54, 1.807) is 0 Å². The molecule has 0 bridgehead atoms. The van der Waals surface area contributed by atoms with Crippen LogP contribution in [-0.4, -0.2) is 25.1 Å². The quantitative estimate of drug-likeness (QED) is 0.919. The van der Waals surface area contributed by atoms with Crippen LogP contribution in [-0.2, 0) is 12.0 Å². The van der Waals surface area contributed by atoms with E-state index in [4.69, 9.17) is 4.98 Å². The zero-order valence-corrected chi connectivity index (χ0v) is 14.7. The second-order valence-corrected chi connectivity index (χ2v) is 8.76. The third-order valence-electron chi connectivity index (χ3n) is 4.12. The van der Waals surface area contributed by atoms with Crippen LogP contribution in [0, 0.1) is 5.41 Å². The molecular weight excluding hydrogens is 266 g/mol. The lowest BCUT2D eigenvalue weighted by Gasteiger charge is -2.36. The second-order valence-electron chi connectivity index (χ2n) is 7.70. The molecule has 2 rings (SSSR count). The fourth-order valence-electron chi connectivity index (χ4n) is 2.64. The van der Waals surface area contributed by atoms with E-state index in [2.05, 4.69) is 44.8 Å². The van der Waals surface area contributed by atoms with E-state index >= 15 is 0 Å². The van der Waals surface area contributed by atoms with E-state index in [0.717, 1.165) is 19.6 Å². The predicted octanol–water partition coefficient (Wildman–Crippen LogP) is 3.79. The van der Waals surface area contributed by atoms with Crippen molar-refractivity contribution in [3.8, 4) is 0 Å². The molecule has 3 nitrogen and oxygen atoms in total. The highest BCUT2D eigenvalue weighted by atomic mass is 32.1. The van der Waals surface area contributed by atoms with E-state index in [0.29, 0.717) is 5.41 Å². The van der Waals surface area contributed by atoms with Gasteiger partial charge in [-0.25, -0.2) is 4.98 Å². The Kier molecular flexibility index (Phi) is 4.45. The Hall–Kier alpha value is -0.610. The third-order valence-corrected chi connectivity index (χ3v) is 5.24. The number of thiazole rings is 1. The molecule has 4 heteroatoms. The van der Waals surface area contributed by atoms with Crippen molar-refractivity contribution < 1.29 is 0 Å². The van der Waals surface area contributed by atoms with Crippen LogP contribution in [0.4, 0.5) is 5.13 Å². The average Bonchev–Trinajstić information content (AvgIpc) is 2.73. The minimum Gasteiger partial charge on any atom is -0.348 e. The number of anilines is 1. The summed E-state index contributed by atoms with van der Waals surface area (Å²) in [7, 11) is 2.01. The van der Waals surface area contributed by atoms with Crippen molar-refractivity contribution in [2.24, 2.45) is 5.41 Å². The maximum Gasteiger partial charge on any atom is 0.185 e. The van der Waals surface area contributed by atoms with Crippen LogP contribution in [0.2, 0.25) is 0 Å². The number of hydrogen-bond donors (Lipinski definition) is 1. The molecule has 0 saturated carbocycles. The summed E-state index contributed by atoms with van der Waals surface area (Å²) in [6.07, 6.45) is 2.53. The molecule has 0 aromatic carbocycles. The Morgan fingerprint density at radius 1 is 1.25 bits per heavy atom. The molecule has 1 aliphatic heterocycles. The van der Waals surface area contributed by atoms with Crippen LogP contribution in [0.15, 0.2) is 0 Å². The summed E-state index contributed by atoms with van der Waals surface area (Å²) in [5.74, 6) is 0. The van der Waals surface area contributed by atoms with Crippen molar-refractivity contribution in [3.63, 3.8) is 0 Å². The molecule has 1 aromatic rings. The van der Waals surface area contributed by atoms with E-state index < -0.39 is 0 Å². The zero-order valence-electron chi connectivity index (χ0n) is 13.8. The van der Waals surface area contributed by atoms with Gasteiger partial charge in [-0.05, 0) is 25.3 Å². The molecular formula is C16H29N3S. The minimum atomic E-state index is 0.121. The summed E-state index contributed by atoms with van der Waals surface area (Å²) >= 11 is 1.87. The summed E-state index contributed by atoms with van der Waals surface area (Å²) in [5.41, 5.74) is 1.88. The summed E-state index contributed by atoms with van der Waals surface area (Å²) < 4.78 is 0. The largest absolute Gasteiger partial charge is 0.348 e.